The van der Waals surface area contributed by atoms with Gasteiger partial charge in [0.25, 0.3) is 0 Å². The summed E-state index contributed by atoms with van der Waals surface area (Å²) in [6.45, 7) is 1.48. The van der Waals surface area contributed by atoms with Gasteiger partial charge in [0.1, 0.15) is 6.61 Å². The predicted molar refractivity (Wildman–Crippen MR) is 110 cm³/mol. The van der Waals surface area contributed by atoms with E-state index >= 15 is 0 Å². The Morgan fingerprint density at radius 1 is 1.11 bits per heavy atom. The molecular weight excluding hydrogens is 376 g/mol. The molecule has 1 unspecified atom stereocenters. The highest BCUT2D eigenvalue weighted by Gasteiger charge is 2.29. The number of hydrogen-bond acceptors (Lipinski definition) is 5. The van der Waals surface area contributed by atoms with Crippen LogP contribution in [-0.4, -0.2) is 48.0 Å². The Hall–Kier alpha value is -2.51. The number of alkyl carbamates (subject to hydrolysis) is 1. The molecule has 2 aromatic carbocycles. The van der Waals surface area contributed by atoms with Crippen LogP contribution in [0.2, 0.25) is 0 Å². The SMILES string of the molecule is CC(=O)NCSCC(CO)NC(=O)OCC1c2ccccc2-c2ccccc21. The molecule has 28 heavy (non-hydrogen) atoms. The Kier molecular flexibility index (Phi) is 6.95. The molecule has 3 rings (SSSR count). The molecule has 0 aliphatic heterocycles. The highest BCUT2D eigenvalue weighted by atomic mass is 32.2. The van der Waals surface area contributed by atoms with Gasteiger partial charge in [0, 0.05) is 18.6 Å². The minimum Gasteiger partial charge on any atom is -0.449 e. The first kappa shape index (κ1) is 20.2. The molecule has 0 heterocycles. The molecule has 0 aromatic heterocycles. The molecule has 1 atom stereocenters. The van der Waals surface area contributed by atoms with Crippen LogP contribution in [0.15, 0.2) is 48.5 Å². The van der Waals surface area contributed by atoms with Crippen LogP contribution in [0, 0.1) is 0 Å². The molecule has 1 aliphatic carbocycles. The number of aliphatic hydroxyl groups excluding tert-OH is 1. The van der Waals surface area contributed by atoms with E-state index in [-0.39, 0.29) is 25.0 Å². The van der Waals surface area contributed by atoms with Crippen LogP contribution in [0.4, 0.5) is 4.79 Å². The number of hydrogen-bond donors (Lipinski definition) is 3. The first-order chi connectivity index (χ1) is 13.6. The van der Waals surface area contributed by atoms with Crippen molar-refractivity contribution in [2.75, 3.05) is 24.8 Å². The summed E-state index contributed by atoms with van der Waals surface area (Å²) < 4.78 is 5.48. The number of ether oxygens (including phenoxy) is 1. The number of carbonyl (C=O) groups excluding carboxylic acids is 2. The fourth-order valence-electron chi connectivity index (χ4n) is 3.30. The summed E-state index contributed by atoms with van der Waals surface area (Å²) in [5.74, 6) is 0.788. The molecule has 0 radical (unpaired) electrons. The van der Waals surface area contributed by atoms with Crippen LogP contribution in [0.1, 0.15) is 24.0 Å². The van der Waals surface area contributed by atoms with Gasteiger partial charge in [-0.25, -0.2) is 4.79 Å². The molecule has 6 nitrogen and oxygen atoms in total. The fourth-order valence-corrected chi connectivity index (χ4v) is 4.20. The lowest BCUT2D eigenvalue weighted by atomic mass is 9.98. The van der Waals surface area contributed by atoms with E-state index in [4.69, 9.17) is 4.74 Å². The van der Waals surface area contributed by atoms with Crippen LogP contribution >= 0.6 is 11.8 Å². The van der Waals surface area contributed by atoms with E-state index in [1.807, 2.05) is 24.3 Å². The second kappa shape index (κ2) is 9.61. The number of thioether (sulfide) groups is 1. The van der Waals surface area contributed by atoms with Gasteiger partial charge in [0.15, 0.2) is 0 Å². The maximum atomic E-state index is 12.2. The first-order valence-electron chi connectivity index (χ1n) is 9.14. The number of nitrogens with one attached hydrogen (secondary N) is 2. The van der Waals surface area contributed by atoms with Crippen LogP contribution in [-0.2, 0) is 9.53 Å². The van der Waals surface area contributed by atoms with Crippen molar-refractivity contribution in [3.8, 4) is 11.1 Å². The van der Waals surface area contributed by atoms with Crippen molar-refractivity contribution < 1.29 is 19.4 Å². The van der Waals surface area contributed by atoms with E-state index in [1.165, 1.54) is 29.8 Å². The van der Waals surface area contributed by atoms with Gasteiger partial charge in [-0.3, -0.25) is 4.79 Å². The monoisotopic (exact) mass is 400 g/mol. The Labute approximate surface area is 168 Å². The number of benzene rings is 2. The largest absolute Gasteiger partial charge is 0.449 e. The van der Waals surface area contributed by atoms with E-state index in [0.29, 0.717) is 11.6 Å². The van der Waals surface area contributed by atoms with Crippen molar-refractivity contribution in [2.45, 2.75) is 18.9 Å². The maximum absolute atomic E-state index is 12.2. The molecule has 0 spiro atoms. The zero-order chi connectivity index (χ0) is 19.9. The van der Waals surface area contributed by atoms with Crippen molar-refractivity contribution in [2.24, 2.45) is 0 Å². The van der Waals surface area contributed by atoms with Gasteiger partial charge in [0.05, 0.1) is 18.5 Å². The van der Waals surface area contributed by atoms with Gasteiger partial charge in [-0.05, 0) is 22.3 Å². The molecule has 3 N–H and O–H groups in total. The number of fused-ring (bicyclic) bond motifs is 3. The molecule has 2 aromatic rings. The number of aliphatic hydroxyl groups is 1. The van der Waals surface area contributed by atoms with Gasteiger partial charge >= 0.3 is 6.09 Å². The second-order valence-corrected chi connectivity index (χ2v) is 7.63. The summed E-state index contributed by atoms with van der Waals surface area (Å²) in [4.78, 5) is 23.1. The Balaban J connectivity index is 1.55. The Bertz CT molecular complexity index is 797. The second-order valence-electron chi connectivity index (χ2n) is 6.60. The standard InChI is InChI=1S/C21H24N2O4S/c1-14(25)22-13-28-12-15(10-24)23-21(26)27-11-20-18-8-4-2-6-16(18)17-7-3-5-9-19(17)20/h2-9,15,20,24H,10-13H2,1H3,(H,22,25)(H,23,26). The quantitative estimate of drug-likeness (QED) is 0.468. The number of amides is 2. The summed E-state index contributed by atoms with van der Waals surface area (Å²) >= 11 is 1.42. The first-order valence-corrected chi connectivity index (χ1v) is 10.3. The van der Waals surface area contributed by atoms with Gasteiger partial charge in [-0.2, -0.15) is 0 Å². The summed E-state index contributed by atoms with van der Waals surface area (Å²) in [7, 11) is 0. The molecule has 0 bridgehead atoms. The Morgan fingerprint density at radius 3 is 2.29 bits per heavy atom. The summed E-state index contributed by atoms with van der Waals surface area (Å²) in [6, 6.07) is 15.9. The van der Waals surface area contributed by atoms with E-state index in [0.717, 1.165) is 11.1 Å². The number of carbonyl (C=O) groups is 2. The van der Waals surface area contributed by atoms with Crippen molar-refractivity contribution >= 4 is 23.8 Å². The molecule has 148 valence electrons. The average molecular weight is 401 g/mol. The minimum absolute atomic E-state index is 0.000122. The molecular formula is C21H24N2O4S. The summed E-state index contributed by atoms with van der Waals surface area (Å²) in [5, 5.41) is 14.8. The van der Waals surface area contributed by atoms with E-state index < -0.39 is 12.1 Å². The van der Waals surface area contributed by atoms with Crippen LogP contribution < -0.4 is 10.6 Å². The lowest BCUT2D eigenvalue weighted by molar-refractivity contribution is -0.118. The molecule has 0 fully saturated rings. The van der Waals surface area contributed by atoms with Crippen LogP contribution in [0.3, 0.4) is 0 Å². The van der Waals surface area contributed by atoms with Gasteiger partial charge in [-0.1, -0.05) is 48.5 Å². The highest BCUT2D eigenvalue weighted by molar-refractivity contribution is 7.99. The van der Waals surface area contributed by atoms with Gasteiger partial charge in [0.2, 0.25) is 5.91 Å². The molecule has 1 aliphatic rings. The number of rotatable bonds is 8. The third-order valence-electron chi connectivity index (χ3n) is 4.63. The third kappa shape index (κ3) is 4.85. The van der Waals surface area contributed by atoms with E-state index in [2.05, 4.69) is 34.9 Å². The Morgan fingerprint density at radius 2 is 1.71 bits per heavy atom. The zero-order valence-corrected chi connectivity index (χ0v) is 16.5. The van der Waals surface area contributed by atoms with Gasteiger partial charge < -0.3 is 20.5 Å². The van der Waals surface area contributed by atoms with Gasteiger partial charge in [-0.15, -0.1) is 11.8 Å². The lowest BCUT2D eigenvalue weighted by Gasteiger charge is -2.18. The average Bonchev–Trinajstić information content (AvgIpc) is 3.02. The molecule has 0 saturated heterocycles. The van der Waals surface area contributed by atoms with E-state index in [9.17, 15) is 14.7 Å². The zero-order valence-electron chi connectivity index (χ0n) is 15.7. The third-order valence-corrected chi connectivity index (χ3v) is 5.61. The molecule has 7 heteroatoms. The lowest BCUT2D eigenvalue weighted by Crippen LogP contribution is -2.40. The van der Waals surface area contributed by atoms with Crippen molar-refractivity contribution in [3.63, 3.8) is 0 Å². The maximum Gasteiger partial charge on any atom is 0.407 e. The fraction of sp³-hybridized carbons (Fsp3) is 0.333. The van der Waals surface area contributed by atoms with E-state index in [1.54, 1.807) is 0 Å². The molecule has 2 amide bonds. The highest BCUT2D eigenvalue weighted by Crippen LogP contribution is 2.44. The normalized spacial score (nSPS) is 13.4. The van der Waals surface area contributed by atoms with Crippen molar-refractivity contribution in [1.29, 1.82) is 0 Å². The molecule has 0 saturated carbocycles. The minimum atomic E-state index is -0.555. The predicted octanol–water partition coefficient (Wildman–Crippen LogP) is 2.71. The van der Waals surface area contributed by atoms with Crippen LogP contribution in [0.5, 0.6) is 0 Å². The topological polar surface area (TPSA) is 87.7 Å². The summed E-state index contributed by atoms with van der Waals surface area (Å²) in [5.41, 5.74) is 4.66. The van der Waals surface area contributed by atoms with Crippen molar-refractivity contribution in [1.82, 2.24) is 10.6 Å². The van der Waals surface area contributed by atoms with Crippen LogP contribution in [0.25, 0.3) is 11.1 Å². The smallest absolute Gasteiger partial charge is 0.407 e. The van der Waals surface area contributed by atoms with Crippen molar-refractivity contribution in [3.05, 3.63) is 59.7 Å². The summed E-state index contributed by atoms with van der Waals surface area (Å²) in [6.07, 6.45) is -0.555.